The molecule has 2 heterocycles. The minimum Gasteiger partial charge on any atom is -0.388 e. The second-order valence-corrected chi connectivity index (χ2v) is 8.09. The average molecular weight is 542 g/mol. The van der Waals surface area contributed by atoms with Crippen LogP contribution in [0.3, 0.4) is 0 Å². The quantitative estimate of drug-likeness (QED) is 0.272. The van der Waals surface area contributed by atoms with E-state index in [0.29, 0.717) is 31.9 Å². The zero-order valence-electron chi connectivity index (χ0n) is 17.3. The molecule has 0 saturated heterocycles. The van der Waals surface area contributed by atoms with Gasteiger partial charge < -0.3 is 20.6 Å². The van der Waals surface area contributed by atoms with E-state index in [1.807, 2.05) is 42.2 Å². The molecule has 1 unspecified atom stereocenters. The van der Waals surface area contributed by atoms with E-state index in [1.54, 1.807) is 11.3 Å². The zero-order valence-corrected chi connectivity index (χ0v) is 20.5. The van der Waals surface area contributed by atoms with Gasteiger partial charge in [-0.15, -0.1) is 35.3 Å². The van der Waals surface area contributed by atoms with Gasteiger partial charge in [-0.05, 0) is 42.3 Å². The summed E-state index contributed by atoms with van der Waals surface area (Å²) in [5.41, 5.74) is 2.19. The summed E-state index contributed by atoms with van der Waals surface area (Å²) in [4.78, 5) is 20.4. The van der Waals surface area contributed by atoms with Gasteiger partial charge in [-0.25, -0.2) is 0 Å². The molecule has 1 amide bonds. The number of rotatable bonds is 8. The predicted molar refractivity (Wildman–Crippen MR) is 133 cm³/mol. The van der Waals surface area contributed by atoms with E-state index in [9.17, 15) is 9.90 Å². The maximum atomic E-state index is 12.5. The maximum absolute atomic E-state index is 12.5. The lowest BCUT2D eigenvalue weighted by atomic mass is 10.1. The summed E-state index contributed by atoms with van der Waals surface area (Å²) in [6.07, 6.45) is 1.43. The van der Waals surface area contributed by atoms with Crippen LogP contribution in [0.4, 0.5) is 0 Å². The molecule has 0 radical (unpaired) electrons. The van der Waals surface area contributed by atoms with Gasteiger partial charge in [0, 0.05) is 44.0 Å². The summed E-state index contributed by atoms with van der Waals surface area (Å²) >= 11 is 1.78. The standard InChI is InChI=1S/C22H30N4O2S.HI/c1-2-23-22(24-12-8-19(27)17-6-4-3-5-7-17)25-13-9-21(28)26-14-10-20-18(16-26)11-15-29-20;/h3-7,11,15,19,27H,2,8-10,12-14,16H2,1H3,(H2,23,24,25);1H. The van der Waals surface area contributed by atoms with E-state index in [1.165, 1.54) is 10.4 Å². The van der Waals surface area contributed by atoms with Crippen LogP contribution in [0.2, 0.25) is 0 Å². The van der Waals surface area contributed by atoms with E-state index in [-0.39, 0.29) is 29.9 Å². The number of carbonyl (C=O) groups is 1. The van der Waals surface area contributed by atoms with Crippen molar-refractivity contribution < 1.29 is 9.90 Å². The SMILES string of the molecule is CCNC(=NCCC(O)c1ccccc1)NCCC(=O)N1CCc2sccc2C1.I. The van der Waals surface area contributed by atoms with Crippen molar-refractivity contribution in [2.24, 2.45) is 4.99 Å². The Morgan fingerprint density at radius 1 is 1.27 bits per heavy atom. The fourth-order valence-electron chi connectivity index (χ4n) is 3.39. The van der Waals surface area contributed by atoms with E-state index < -0.39 is 6.10 Å². The number of benzene rings is 1. The lowest BCUT2D eigenvalue weighted by molar-refractivity contribution is -0.131. The Hall–Kier alpha value is -1.65. The molecular formula is C22H31IN4O2S. The van der Waals surface area contributed by atoms with Crippen LogP contribution in [0.1, 0.15) is 41.9 Å². The van der Waals surface area contributed by atoms with Gasteiger partial charge in [0.1, 0.15) is 0 Å². The summed E-state index contributed by atoms with van der Waals surface area (Å²) in [5.74, 6) is 0.851. The van der Waals surface area contributed by atoms with Crippen molar-refractivity contribution in [3.63, 3.8) is 0 Å². The molecule has 1 aromatic heterocycles. The van der Waals surface area contributed by atoms with Crippen molar-refractivity contribution >= 4 is 47.2 Å². The second kappa shape index (κ2) is 12.9. The van der Waals surface area contributed by atoms with Gasteiger partial charge >= 0.3 is 0 Å². The molecule has 1 atom stereocenters. The van der Waals surface area contributed by atoms with Crippen molar-refractivity contribution in [3.8, 4) is 0 Å². The maximum Gasteiger partial charge on any atom is 0.224 e. The monoisotopic (exact) mass is 542 g/mol. The molecule has 6 nitrogen and oxygen atoms in total. The Balaban J connectivity index is 0.00000320. The van der Waals surface area contributed by atoms with Crippen LogP contribution < -0.4 is 10.6 Å². The summed E-state index contributed by atoms with van der Waals surface area (Å²) in [7, 11) is 0. The molecule has 1 aliphatic heterocycles. The lowest BCUT2D eigenvalue weighted by Gasteiger charge is -2.27. The van der Waals surface area contributed by atoms with Crippen LogP contribution in [0.15, 0.2) is 46.8 Å². The van der Waals surface area contributed by atoms with Crippen LogP contribution >= 0.6 is 35.3 Å². The largest absolute Gasteiger partial charge is 0.388 e. The third kappa shape index (κ3) is 7.24. The van der Waals surface area contributed by atoms with E-state index >= 15 is 0 Å². The highest BCUT2D eigenvalue weighted by molar-refractivity contribution is 14.0. The molecule has 0 saturated carbocycles. The number of thiophene rings is 1. The zero-order chi connectivity index (χ0) is 20.5. The fraction of sp³-hybridized carbons (Fsp3) is 0.455. The number of aliphatic hydroxyl groups excluding tert-OH is 1. The molecule has 3 N–H and O–H groups in total. The highest BCUT2D eigenvalue weighted by atomic mass is 127. The van der Waals surface area contributed by atoms with E-state index in [2.05, 4.69) is 27.1 Å². The van der Waals surface area contributed by atoms with Crippen molar-refractivity contribution in [2.75, 3.05) is 26.2 Å². The highest BCUT2D eigenvalue weighted by Gasteiger charge is 2.21. The number of halogens is 1. The molecular weight excluding hydrogens is 511 g/mol. The predicted octanol–water partition coefficient (Wildman–Crippen LogP) is 3.32. The highest BCUT2D eigenvalue weighted by Crippen LogP contribution is 2.24. The van der Waals surface area contributed by atoms with Gasteiger partial charge in [-0.1, -0.05) is 30.3 Å². The number of fused-ring (bicyclic) bond motifs is 1. The Labute approximate surface area is 199 Å². The number of amides is 1. The minimum atomic E-state index is -0.523. The topological polar surface area (TPSA) is 77.0 Å². The molecule has 1 aliphatic rings. The van der Waals surface area contributed by atoms with Gasteiger partial charge in [0.2, 0.25) is 5.91 Å². The lowest BCUT2D eigenvalue weighted by Crippen LogP contribution is -2.41. The van der Waals surface area contributed by atoms with Gasteiger partial charge in [-0.2, -0.15) is 0 Å². The molecule has 0 bridgehead atoms. The molecule has 0 fully saturated rings. The van der Waals surface area contributed by atoms with Crippen LogP contribution in [-0.2, 0) is 17.8 Å². The third-order valence-corrected chi connectivity index (χ3v) is 6.02. The molecule has 2 aromatic rings. The number of aliphatic imine (C=N–C) groups is 1. The number of guanidine groups is 1. The molecule has 30 heavy (non-hydrogen) atoms. The Morgan fingerprint density at radius 3 is 2.83 bits per heavy atom. The first-order valence-corrected chi connectivity index (χ1v) is 11.1. The van der Waals surface area contributed by atoms with Crippen LogP contribution in [0.25, 0.3) is 0 Å². The summed E-state index contributed by atoms with van der Waals surface area (Å²) in [6.45, 7) is 5.33. The Bertz CT molecular complexity index is 812. The van der Waals surface area contributed by atoms with Gasteiger partial charge in [0.25, 0.3) is 0 Å². The summed E-state index contributed by atoms with van der Waals surface area (Å²) < 4.78 is 0. The van der Waals surface area contributed by atoms with Gasteiger partial charge in [0.05, 0.1) is 6.10 Å². The summed E-state index contributed by atoms with van der Waals surface area (Å²) in [6, 6.07) is 11.7. The number of carbonyl (C=O) groups excluding carboxylic acids is 1. The fourth-order valence-corrected chi connectivity index (χ4v) is 4.28. The normalized spacial score (nSPS) is 14.5. The number of hydrogen-bond donors (Lipinski definition) is 3. The van der Waals surface area contributed by atoms with E-state index in [0.717, 1.165) is 31.6 Å². The molecule has 0 spiro atoms. The molecule has 164 valence electrons. The van der Waals surface area contributed by atoms with Crippen LogP contribution in [0.5, 0.6) is 0 Å². The minimum absolute atomic E-state index is 0. The van der Waals surface area contributed by atoms with Crippen LogP contribution in [0, 0.1) is 0 Å². The van der Waals surface area contributed by atoms with Gasteiger partial charge in [0.15, 0.2) is 5.96 Å². The number of aliphatic hydroxyl groups is 1. The molecule has 8 heteroatoms. The molecule has 3 rings (SSSR count). The first-order valence-electron chi connectivity index (χ1n) is 10.3. The number of hydrogen-bond acceptors (Lipinski definition) is 4. The van der Waals surface area contributed by atoms with Crippen molar-refractivity contribution in [1.82, 2.24) is 15.5 Å². The Kier molecular flexibility index (Phi) is 10.6. The van der Waals surface area contributed by atoms with Crippen molar-refractivity contribution in [3.05, 3.63) is 57.8 Å². The Morgan fingerprint density at radius 2 is 2.07 bits per heavy atom. The van der Waals surface area contributed by atoms with E-state index in [4.69, 9.17) is 0 Å². The van der Waals surface area contributed by atoms with Gasteiger partial charge in [-0.3, -0.25) is 9.79 Å². The van der Waals surface area contributed by atoms with Crippen molar-refractivity contribution in [1.29, 1.82) is 0 Å². The average Bonchev–Trinajstić information content (AvgIpc) is 3.22. The molecule has 0 aliphatic carbocycles. The smallest absolute Gasteiger partial charge is 0.224 e. The first-order chi connectivity index (χ1) is 14.2. The first kappa shape index (κ1) is 24.6. The second-order valence-electron chi connectivity index (χ2n) is 7.09. The summed E-state index contributed by atoms with van der Waals surface area (Å²) in [5, 5.41) is 18.8. The number of nitrogens with one attached hydrogen (secondary N) is 2. The number of nitrogens with zero attached hydrogens (tertiary/aromatic N) is 2. The molecule has 1 aromatic carbocycles. The third-order valence-electron chi connectivity index (χ3n) is 4.99. The van der Waals surface area contributed by atoms with Crippen molar-refractivity contribution in [2.45, 2.75) is 38.8 Å². The van der Waals surface area contributed by atoms with Crippen LogP contribution in [-0.4, -0.2) is 48.1 Å².